The molecule has 1 aliphatic rings. The molecule has 0 radical (unpaired) electrons. The molecule has 8 nitrogen and oxygen atoms in total. The fraction of sp³-hybridized carbons (Fsp3) is 0.160. The summed E-state index contributed by atoms with van der Waals surface area (Å²) in [6, 6.07) is 19.4. The third-order valence-corrected chi connectivity index (χ3v) is 5.48. The predicted octanol–water partition coefficient (Wildman–Crippen LogP) is 4.11. The number of nitrogens with one attached hydrogen (secondary N) is 2. The van der Waals surface area contributed by atoms with Crippen LogP contribution in [0, 0.1) is 0 Å². The number of hydrogen-bond acceptors (Lipinski definition) is 5. The Morgan fingerprint density at radius 2 is 1.68 bits per heavy atom. The zero-order chi connectivity index (χ0) is 24.1. The molecule has 1 aliphatic heterocycles. The first-order valence-corrected chi connectivity index (χ1v) is 10.9. The minimum Gasteiger partial charge on any atom is -0.493 e. The van der Waals surface area contributed by atoms with Gasteiger partial charge in [0.25, 0.3) is 5.91 Å². The molecule has 3 aromatic rings. The van der Waals surface area contributed by atoms with Crippen molar-refractivity contribution in [2.45, 2.75) is 12.5 Å². The van der Waals surface area contributed by atoms with Crippen molar-refractivity contribution in [2.24, 2.45) is 0 Å². The number of carbonyl (C=O) groups excluding carboxylic acids is 3. The van der Waals surface area contributed by atoms with Crippen molar-refractivity contribution in [1.29, 1.82) is 0 Å². The van der Waals surface area contributed by atoms with Gasteiger partial charge in [-0.25, -0.2) is 0 Å². The van der Waals surface area contributed by atoms with Crippen LogP contribution in [0.3, 0.4) is 0 Å². The minimum absolute atomic E-state index is 0.247. The topological polar surface area (TPSA) is 97.0 Å². The zero-order valence-electron chi connectivity index (χ0n) is 18.3. The Hall–Kier alpha value is -4.04. The standard InChI is InChI=1S/C25H22ClN3O5/c1-33-21-8-4-5-9-22(21)34-15-24(31)29-19-7-3-2-6-18(19)28-25(32)20(29)14-23(30)27-17-12-10-16(26)11-13-17/h2-13,20H,14-15H2,1H3,(H,27,30)(H,28,32). The minimum atomic E-state index is -1.06. The molecule has 0 saturated carbocycles. The highest BCUT2D eigenvalue weighted by Gasteiger charge is 2.38. The van der Waals surface area contributed by atoms with Gasteiger partial charge in [0, 0.05) is 10.7 Å². The van der Waals surface area contributed by atoms with Crippen LogP contribution in [-0.2, 0) is 14.4 Å². The molecule has 0 bridgehead atoms. The highest BCUT2D eigenvalue weighted by molar-refractivity contribution is 6.30. The summed E-state index contributed by atoms with van der Waals surface area (Å²) in [7, 11) is 1.50. The van der Waals surface area contributed by atoms with Crippen molar-refractivity contribution in [2.75, 3.05) is 29.3 Å². The van der Waals surface area contributed by atoms with Gasteiger partial charge in [0.05, 0.1) is 24.9 Å². The molecule has 0 saturated heterocycles. The fourth-order valence-corrected chi connectivity index (χ4v) is 3.78. The lowest BCUT2D eigenvalue weighted by Crippen LogP contribution is -2.53. The van der Waals surface area contributed by atoms with Crippen LogP contribution in [0.4, 0.5) is 17.1 Å². The van der Waals surface area contributed by atoms with Gasteiger partial charge in [-0.2, -0.15) is 0 Å². The van der Waals surface area contributed by atoms with Crippen LogP contribution in [0.15, 0.2) is 72.8 Å². The number of amides is 3. The lowest BCUT2D eigenvalue weighted by molar-refractivity contribution is -0.127. The molecule has 0 spiro atoms. The van der Waals surface area contributed by atoms with Crippen LogP contribution < -0.4 is 25.0 Å². The first-order valence-electron chi connectivity index (χ1n) is 10.5. The second kappa shape index (κ2) is 10.3. The number of benzene rings is 3. The number of anilines is 3. The summed E-state index contributed by atoms with van der Waals surface area (Å²) in [6.45, 7) is -0.350. The maximum Gasteiger partial charge on any atom is 0.265 e. The van der Waals surface area contributed by atoms with E-state index in [1.807, 2.05) is 0 Å². The quantitative estimate of drug-likeness (QED) is 0.531. The van der Waals surface area contributed by atoms with Crippen molar-refractivity contribution >= 4 is 46.4 Å². The van der Waals surface area contributed by atoms with E-state index in [4.69, 9.17) is 21.1 Å². The van der Waals surface area contributed by atoms with Gasteiger partial charge in [-0.3, -0.25) is 19.3 Å². The normalized spacial score (nSPS) is 14.6. The number of para-hydroxylation sites is 4. The van der Waals surface area contributed by atoms with Crippen LogP contribution in [0.2, 0.25) is 5.02 Å². The van der Waals surface area contributed by atoms with Crippen molar-refractivity contribution in [3.8, 4) is 11.5 Å². The number of fused-ring (bicyclic) bond motifs is 1. The summed E-state index contributed by atoms with van der Waals surface area (Å²) >= 11 is 5.89. The van der Waals surface area contributed by atoms with Gasteiger partial charge in [0.1, 0.15) is 6.04 Å². The summed E-state index contributed by atoms with van der Waals surface area (Å²) in [5.74, 6) is -0.491. The largest absolute Gasteiger partial charge is 0.493 e. The third kappa shape index (κ3) is 5.13. The first kappa shape index (κ1) is 23.1. The van der Waals surface area contributed by atoms with Crippen molar-refractivity contribution in [1.82, 2.24) is 0 Å². The molecule has 0 fully saturated rings. The lowest BCUT2D eigenvalue weighted by atomic mass is 10.0. The fourth-order valence-electron chi connectivity index (χ4n) is 3.65. The summed E-state index contributed by atoms with van der Waals surface area (Å²) in [5, 5.41) is 6.04. The SMILES string of the molecule is COc1ccccc1OCC(=O)N1c2ccccc2NC(=O)C1CC(=O)Nc1ccc(Cl)cc1. The van der Waals surface area contributed by atoms with Crippen molar-refractivity contribution < 1.29 is 23.9 Å². The molecular formula is C25H22ClN3O5. The van der Waals surface area contributed by atoms with E-state index in [0.717, 1.165) is 0 Å². The molecule has 1 heterocycles. The lowest BCUT2D eigenvalue weighted by Gasteiger charge is -2.36. The summed E-state index contributed by atoms with van der Waals surface area (Å²) in [6.07, 6.45) is -0.247. The van der Waals surface area contributed by atoms with Gasteiger partial charge < -0.3 is 20.1 Å². The number of hydrogen-bond donors (Lipinski definition) is 2. The molecule has 0 aliphatic carbocycles. The van der Waals surface area contributed by atoms with Crippen molar-refractivity contribution in [3.63, 3.8) is 0 Å². The Balaban J connectivity index is 1.55. The highest BCUT2D eigenvalue weighted by Crippen LogP contribution is 2.33. The van der Waals surface area contributed by atoms with Crippen LogP contribution in [0.5, 0.6) is 11.5 Å². The molecule has 1 unspecified atom stereocenters. The van der Waals surface area contributed by atoms with E-state index in [0.29, 0.717) is 33.6 Å². The van der Waals surface area contributed by atoms with Gasteiger partial charge in [-0.1, -0.05) is 35.9 Å². The predicted molar refractivity (Wildman–Crippen MR) is 130 cm³/mol. The third-order valence-electron chi connectivity index (χ3n) is 5.23. The molecule has 174 valence electrons. The number of nitrogens with zero attached hydrogens (tertiary/aromatic N) is 1. The second-order valence-corrected chi connectivity index (χ2v) is 7.92. The smallest absolute Gasteiger partial charge is 0.265 e. The van der Waals surface area contributed by atoms with E-state index in [1.54, 1.807) is 72.8 Å². The summed E-state index contributed by atoms with van der Waals surface area (Å²) in [4.78, 5) is 40.3. The molecule has 2 N–H and O–H groups in total. The molecule has 3 amide bonds. The van der Waals surface area contributed by atoms with E-state index in [9.17, 15) is 14.4 Å². The molecule has 3 aromatic carbocycles. The maximum atomic E-state index is 13.3. The van der Waals surface area contributed by atoms with E-state index >= 15 is 0 Å². The van der Waals surface area contributed by atoms with Crippen LogP contribution in [0.1, 0.15) is 6.42 Å². The van der Waals surface area contributed by atoms with Gasteiger partial charge in [0.15, 0.2) is 18.1 Å². The highest BCUT2D eigenvalue weighted by atomic mass is 35.5. The van der Waals surface area contributed by atoms with Crippen LogP contribution in [0.25, 0.3) is 0 Å². The molecular weight excluding hydrogens is 458 g/mol. The molecule has 1 atom stereocenters. The molecule has 0 aromatic heterocycles. The van der Waals surface area contributed by atoms with E-state index in [2.05, 4.69) is 10.6 Å². The van der Waals surface area contributed by atoms with Crippen LogP contribution in [-0.4, -0.2) is 37.5 Å². The first-order chi connectivity index (χ1) is 16.5. The zero-order valence-corrected chi connectivity index (χ0v) is 19.0. The molecule has 34 heavy (non-hydrogen) atoms. The molecule has 9 heteroatoms. The van der Waals surface area contributed by atoms with Crippen LogP contribution >= 0.6 is 11.6 Å². The monoisotopic (exact) mass is 479 g/mol. The number of ether oxygens (including phenoxy) is 2. The van der Waals surface area contributed by atoms with Crippen molar-refractivity contribution in [3.05, 3.63) is 77.8 Å². The summed E-state index contributed by atoms with van der Waals surface area (Å²) < 4.78 is 11.0. The Kier molecular flexibility index (Phi) is 6.98. The Labute approximate surface area is 201 Å². The van der Waals surface area contributed by atoms with Gasteiger partial charge in [-0.05, 0) is 48.5 Å². The number of halogens is 1. The Morgan fingerprint density at radius 1 is 1.00 bits per heavy atom. The Morgan fingerprint density at radius 3 is 2.41 bits per heavy atom. The van der Waals surface area contributed by atoms with E-state index in [1.165, 1.54) is 12.0 Å². The van der Waals surface area contributed by atoms with E-state index < -0.39 is 23.8 Å². The average Bonchev–Trinajstić information content (AvgIpc) is 2.84. The summed E-state index contributed by atoms with van der Waals surface area (Å²) in [5.41, 5.74) is 1.50. The number of methoxy groups -OCH3 is 1. The van der Waals surface area contributed by atoms with Gasteiger partial charge in [0.2, 0.25) is 11.8 Å². The maximum absolute atomic E-state index is 13.3. The second-order valence-electron chi connectivity index (χ2n) is 7.48. The Bertz CT molecular complexity index is 1220. The van der Waals surface area contributed by atoms with E-state index in [-0.39, 0.29) is 13.0 Å². The van der Waals surface area contributed by atoms with Gasteiger partial charge in [-0.15, -0.1) is 0 Å². The number of rotatable bonds is 7. The van der Waals surface area contributed by atoms with Gasteiger partial charge >= 0.3 is 0 Å². The molecule has 4 rings (SSSR count). The average molecular weight is 480 g/mol. The number of carbonyl (C=O) groups is 3.